The summed E-state index contributed by atoms with van der Waals surface area (Å²) in [5.74, 6) is 0. The maximum Gasteiger partial charge on any atom is 0.0629 e. The van der Waals surface area contributed by atoms with Crippen molar-refractivity contribution in [1.29, 1.82) is 0 Å². The Morgan fingerprint density at radius 2 is 2.06 bits per heavy atom. The SMILES string of the molecule is OC(Cc1cc(Br)cs1)Cc1ccccc1Cl. The van der Waals surface area contributed by atoms with Crippen molar-refractivity contribution in [3.8, 4) is 0 Å². The molecule has 0 fully saturated rings. The maximum absolute atomic E-state index is 10.0. The highest BCUT2D eigenvalue weighted by molar-refractivity contribution is 9.10. The summed E-state index contributed by atoms with van der Waals surface area (Å²) < 4.78 is 1.07. The Morgan fingerprint density at radius 1 is 1.29 bits per heavy atom. The fourth-order valence-corrected chi connectivity index (χ4v) is 3.42. The van der Waals surface area contributed by atoms with E-state index >= 15 is 0 Å². The molecule has 0 bridgehead atoms. The van der Waals surface area contributed by atoms with Gasteiger partial charge in [0.15, 0.2) is 0 Å². The highest BCUT2D eigenvalue weighted by Crippen LogP contribution is 2.23. The summed E-state index contributed by atoms with van der Waals surface area (Å²) in [5.41, 5.74) is 0.997. The molecule has 4 heteroatoms. The van der Waals surface area contributed by atoms with Crippen molar-refractivity contribution >= 4 is 38.9 Å². The van der Waals surface area contributed by atoms with Gasteiger partial charge < -0.3 is 5.11 Å². The first-order chi connectivity index (χ1) is 8.15. The summed E-state index contributed by atoms with van der Waals surface area (Å²) in [7, 11) is 0. The van der Waals surface area contributed by atoms with Crippen LogP contribution in [-0.2, 0) is 12.8 Å². The maximum atomic E-state index is 10.0. The Kier molecular flexibility index (Phi) is 4.62. The van der Waals surface area contributed by atoms with Gasteiger partial charge in [-0.05, 0) is 33.6 Å². The summed E-state index contributed by atoms with van der Waals surface area (Å²) in [4.78, 5) is 1.18. The van der Waals surface area contributed by atoms with E-state index < -0.39 is 0 Å². The van der Waals surface area contributed by atoms with Crippen molar-refractivity contribution in [3.05, 3.63) is 55.6 Å². The monoisotopic (exact) mass is 330 g/mol. The molecule has 1 atom stereocenters. The first-order valence-electron chi connectivity index (χ1n) is 5.29. The van der Waals surface area contributed by atoms with E-state index in [1.807, 2.05) is 35.7 Å². The van der Waals surface area contributed by atoms with Gasteiger partial charge in [-0.25, -0.2) is 0 Å². The number of aliphatic hydroxyl groups is 1. The molecule has 0 radical (unpaired) electrons. The lowest BCUT2D eigenvalue weighted by molar-refractivity contribution is 0.176. The highest BCUT2D eigenvalue weighted by Gasteiger charge is 2.10. The van der Waals surface area contributed by atoms with Gasteiger partial charge in [0.1, 0.15) is 0 Å². The minimum Gasteiger partial charge on any atom is -0.392 e. The van der Waals surface area contributed by atoms with E-state index in [0.717, 1.165) is 15.1 Å². The first-order valence-corrected chi connectivity index (χ1v) is 7.34. The zero-order valence-corrected chi connectivity index (χ0v) is 12.2. The van der Waals surface area contributed by atoms with Gasteiger partial charge in [-0.1, -0.05) is 29.8 Å². The molecule has 2 rings (SSSR count). The van der Waals surface area contributed by atoms with Crippen LogP contribution in [0.15, 0.2) is 40.2 Å². The quantitative estimate of drug-likeness (QED) is 0.885. The molecule has 90 valence electrons. The van der Waals surface area contributed by atoms with Crippen molar-refractivity contribution in [2.24, 2.45) is 0 Å². The van der Waals surface area contributed by atoms with Gasteiger partial charge in [-0.2, -0.15) is 0 Å². The highest BCUT2D eigenvalue weighted by atomic mass is 79.9. The topological polar surface area (TPSA) is 20.2 Å². The van der Waals surface area contributed by atoms with Gasteiger partial charge in [0, 0.05) is 32.6 Å². The predicted molar refractivity (Wildman–Crippen MR) is 76.9 cm³/mol. The van der Waals surface area contributed by atoms with Crippen LogP contribution in [0.2, 0.25) is 5.02 Å². The van der Waals surface area contributed by atoms with Crippen molar-refractivity contribution in [2.45, 2.75) is 18.9 Å². The van der Waals surface area contributed by atoms with E-state index in [-0.39, 0.29) is 6.10 Å². The second-order valence-corrected chi connectivity index (χ2v) is 6.20. The lowest BCUT2D eigenvalue weighted by Crippen LogP contribution is -2.13. The van der Waals surface area contributed by atoms with Crippen LogP contribution in [0.4, 0.5) is 0 Å². The normalized spacial score (nSPS) is 12.6. The van der Waals surface area contributed by atoms with Crippen LogP contribution in [-0.4, -0.2) is 11.2 Å². The molecule has 1 unspecified atom stereocenters. The number of halogens is 2. The molecule has 0 saturated carbocycles. The second kappa shape index (κ2) is 6.01. The van der Waals surface area contributed by atoms with Gasteiger partial charge in [-0.15, -0.1) is 11.3 Å². The summed E-state index contributed by atoms with van der Waals surface area (Å²) in [5, 5.41) is 12.8. The van der Waals surface area contributed by atoms with Crippen LogP contribution in [0.5, 0.6) is 0 Å². The van der Waals surface area contributed by atoms with E-state index in [1.54, 1.807) is 11.3 Å². The molecule has 1 aromatic carbocycles. The molecule has 2 aromatic rings. The van der Waals surface area contributed by atoms with E-state index in [9.17, 15) is 5.11 Å². The number of hydrogen-bond donors (Lipinski definition) is 1. The minimum absolute atomic E-state index is 0.388. The Bertz CT molecular complexity index is 498. The van der Waals surface area contributed by atoms with Crippen molar-refractivity contribution in [1.82, 2.24) is 0 Å². The van der Waals surface area contributed by atoms with E-state index in [1.165, 1.54) is 4.88 Å². The third-order valence-corrected chi connectivity index (χ3v) is 4.56. The molecule has 0 saturated heterocycles. The molecule has 1 heterocycles. The second-order valence-electron chi connectivity index (χ2n) is 3.88. The Morgan fingerprint density at radius 3 is 2.71 bits per heavy atom. The van der Waals surface area contributed by atoms with Crippen LogP contribution in [0.3, 0.4) is 0 Å². The van der Waals surface area contributed by atoms with Gasteiger partial charge in [0.2, 0.25) is 0 Å². The molecule has 1 nitrogen and oxygen atoms in total. The summed E-state index contributed by atoms with van der Waals surface area (Å²) in [6, 6.07) is 9.69. The zero-order chi connectivity index (χ0) is 12.3. The average molecular weight is 332 g/mol. The molecule has 0 aliphatic heterocycles. The van der Waals surface area contributed by atoms with Crippen LogP contribution < -0.4 is 0 Å². The fourth-order valence-electron chi connectivity index (χ4n) is 1.68. The summed E-state index contributed by atoms with van der Waals surface area (Å²) >= 11 is 11.1. The van der Waals surface area contributed by atoms with Gasteiger partial charge in [0.25, 0.3) is 0 Å². The Labute approximate surface area is 118 Å². The molecular weight excluding hydrogens is 320 g/mol. The third-order valence-electron chi connectivity index (χ3n) is 2.47. The van der Waals surface area contributed by atoms with Gasteiger partial charge in [-0.3, -0.25) is 0 Å². The standard InChI is InChI=1S/C13H12BrClOS/c14-10-6-12(17-8-10)7-11(16)5-9-3-1-2-4-13(9)15/h1-4,6,8,11,16H,5,7H2. The van der Waals surface area contributed by atoms with E-state index in [4.69, 9.17) is 11.6 Å². The zero-order valence-electron chi connectivity index (χ0n) is 9.07. The van der Waals surface area contributed by atoms with Crippen molar-refractivity contribution in [2.75, 3.05) is 0 Å². The van der Waals surface area contributed by atoms with E-state index in [0.29, 0.717) is 12.8 Å². The summed E-state index contributed by atoms with van der Waals surface area (Å²) in [6.07, 6.45) is 0.872. The largest absolute Gasteiger partial charge is 0.392 e. The lowest BCUT2D eigenvalue weighted by atomic mass is 10.1. The van der Waals surface area contributed by atoms with Crippen LogP contribution >= 0.6 is 38.9 Å². The van der Waals surface area contributed by atoms with Gasteiger partial charge in [0.05, 0.1) is 6.10 Å². The number of benzene rings is 1. The molecule has 0 aliphatic rings. The van der Waals surface area contributed by atoms with Gasteiger partial charge >= 0.3 is 0 Å². The smallest absolute Gasteiger partial charge is 0.0629 e. The molecule has 0 amide bonds. The number of thiophene rings is 1. The minimum atomic E-state index is -0.388. The Hall–Kier alpha value is -0.350. The molecular formula is C13H12BrClOS. The van der Waals surface area contributed by atoms with Crippen molar-refractivity contribution in [3.63, 3.8) is 0 Å². The summed E-state index contributed by atoms with van der Waals surface area (Å²) in [6.45, 7) is 0. The number of rotatable bonds is 4. The fraction of sp³-hybridized carbons (Fsp3) is 0.231. The van der Waals surface area contributed by atoms with Crippen LogP contribution in [0.25, 0.3) is 0 Å². The van der Waals surface area contributed by atoms with E-state index in [2.05, 4.69) is 15.9 Å². The number of aliphatic hydroxyl groups excluding tert-OH is 1. The van der Waals surface area contributed by atoms with Crippen LogP contribution in [0, 0.1) is 0 Å². The molecule has 0 spiro atoms. The Balaban J connectivity index is 1.98. The predicted octanol–water partition coefficient (Wildman–Crippen LogP) is 4.31. The molecule has 0 aliphatic carbocycles. The molecule has 17 heavy (non-hydrogen) atoms. The third kappa shape index (κ3) is 3.81. The van der Waals surface area contributed by atoms with Crippen LogP contribution in [0.1, 0.15) is 10.4 Å². The molecule has 1 aromatic heterocycles. The lowest BCUT2D eigenvalue weighted by Gasteiger charge is -2.10. The first kappa shape index (κ1) is 13.1. The average Bonchev–Trinajstić information content (AvgIpc) is 2.67. The number of hydrogen-bond acceptors (Lipinski definition) is 2. The van der Waals surface area contributed by atoms with Crippen molar-refractivity contribution < 1.29 is 5.11 Å². The molecule has 1 N–H and O–H groups in total.